The van der Waals surface area contributed by atoms with Crippen LogP contribution in [0.2, 0.25) is 0 Å². The molecule has 3 nitrogen and oxygen atoms in total. The highest BCUT2D eigenvalue weighted by atomic mass is 16.5. The summed E-state index contributed by atoms with van der Waals surface area (Å²) in [6.45, 7) is 4.73. The lowest BCUT2D eigenvalue weighted by molar-refractivity contribution is 0.289. The predicted molar refractivity (Wildman–Crippen MR) is 78.2 cm³/mol. The molecule has 19 heavy (non-hydrogen) atoms. The molecule has 1 rings (SSSR count). The van der Waals surface area contributed by atoms with Crippen molar-refractivity contribution in [2.45, 2.75) is 45.1 Å². The molecule has 0 aliphatic rings. The second kappa shape index (κ2) is 7.81. The van der Waals surface area contributed by atoms with E-state index in [1.165, 1.54) is 5.56 Å². The van der Waals surface area contributed by atoms with Crippen LogP contribution in [-0.4, -0.2) is 19.2 Å². The molecule has 0 spiro atoms. The van der Waals surface area contributed by atoms with Gasteiger partial charge < -0.3 is 10.1 Å². The molecule has 0 fully saturated rings. The number of nitrogens with zero attached hydrogens (tertiary/aromatic N) is 1. The number of nitriles is 1. The van der Waals surface area contributed by atoms with E-state index in [2.05, 4.69) is 30.4 Å². The minimum Gasteiger partial charge on any atom is -0.494 e. The van der Waals surface area contributed by atoms with Gasteiger partial charge in [0.25, 0.3) is 0 Å². The van der Waals surface area contributed by atoms with E-state index in [4.69, 9.17) is 10.00 Å². The number of benzene rings is 1. The molecule has 0 heterocycles. The second-order valence-electron chi connectivity index (χ2n) is 5.04. The minimum absolute atomic E-state index is 0.450. The molecule has 104 valence electrons. The molecule has 0 bridgehead atoms. The molecule has 1 aromatic rings. The molecule has 1 N–H and O–H groups in total. The van der Waals surface area contributed by atoms with Crippen molar-refractivity contribution < 1.29 is 4.74 Å². The number of hydrogen-bond acceptors (Lipinski definition) is 3. The van der Waals surface area contributed by atoms with Gasteiger partial charge >= 0.3 is 0 Å². The van der Waals surface area contributed by atoms with E-state index in [0.717, 1.165) is 31.4 Å². The van der Waals surface area contributed by atoms with Crippen LogP contribution in [0.15, 0.2) is 24.3 Å². The number of rotatable bonds is 8. The summed E-state index contributed by atoms with van der Waals surface area (Å²) in [6, 6.07) is 10.6. The first-order valence-electron chi connectivity index (χ1n) is 6.95. The third kappa shape index (κ3) is 5.32. The maximum atomic E-state index is 9.03. The molecule has 0 aliphatic heterocycles. The Morgan fingerprint density at radius 1 is 1.32 bits per heavy atom. The summed E-state index contributed by atoms with van der Waals surface area (Å²) in [7, 11) is 1.82. The minimum atomic E-state index is -0.450. The fourth-order valence-electron chi connectivity index (χ4n) is 1.89. The Morgan fingerprint density at radius 3 is 2.53 bits per heavy atom. The van der Waals surface area contributed by atoms with E-state index in [1.54, 1.807) is 0 Å². The van der Waals surface area contributed by atoms with Crippen LogP contribution in [0.3, 0.4) is 0 Å². The normalized spacial score (nSPS) is 13.6. The van der Waals surface area contributed by atoms with Gasteiger partial charge in [-0.1, -0.05) is 25.5 Å². The lowest BCUT2D eigenvalue weighted by atomic mass is 9.98. The maximum absolute atomic E-state index is 9.03. The first kappa shape index (κ1) is 15.5. The van der Waals surface area contributed by atoms with Gasteiger partial charge in [-0.3, -0.25) is 0 Å². The van der Waals surface area contributed by atoms with Crippen molar-refractivity contribution in [3.63, 3.8) is 0 Å². The Kier molecular flexibility index (Phi) is 6.38. The number of ether oxygens (including phenoxy) is 1. The fraction of sp³-hybridized carbons (Fsp3) is 0.562. The van der Waals surface area contributed by atoms with Crippen LogP contribution < -0.4 is 10.1 Å². The monoisotopic (exact) mass is 260 g/mol. The Morgan fingerprint density at radius 2 is 2.00 bits per heavy atom. The molecule has 0 saturated heterocycles. The Labute approximate surface area is 116 Å². The molecule has 1 unspecified atom stereocenters. The van der Waals surface area contributed by atoms with Gasteiger partial charge in [0.2, 0.25) is 0 Å². The first-order valence-corrected chi connectivity index (χ1v) is 6.95. The van der Waals surface area contributed by atoms with Crippen LogP contribution in [0.25, 0.3) is 0 Å². The third-order valence-electron chi connectivity index (χ3n) is 3.35. The summed E-state index contributed by atoms with van der Waals surface area (Å²) in [5, 5.41) is 12.1. The van der Waals surface area contributed by atoms with E-state index in [0.29, 0.717) is 6.61 Å². The van der Waals surface area contributed by atoms with Gasteiger partial charge in [0, 0.05) is 0 Å². The highest BCUT2D eigenvalue weighted by Gasteiger charge is 2.19. The standard InChI is InChI=1S/C16H24N2O/c1-4-6-14-7-9-15(10-8-14)19-12-5-11-16(2,13-17)18-3/h7-10,18H,4-6,11-12H2,1-3H3. The Bertz CT molecular complexity index is 408. The summed E-state index contributed by atoms with van der Waals surface area (Å²) in [5.41, 5.74) is 0.899. The van der Waals surface area contributed by atoms with Gasteiger partial charge in [-0.2, -0.15) is 5.26 Å². The van der Waals surface area contributed by atoms with Gasteiger partial charge in [0.15, 0.2) is 0 Å². The molecule has 0 aromatic heterocycles. The van der Waals surface area contributed by atoms with Crippen LogP contribution in [-0.2, 0) is 6.42 Å². The van der Waals surface area contributed by atoms with Crippen LogP contribution in [0, 0.1) is 11.3 Å². The average molecular weight is 260 g/mol. The summed E-state index contributed by atoms with van der Waals surface area (Å²) < 4.78 is 5.69. The van der Waals surface area contributed by atoms with Crippen molar-refractivity contribution in [3.05, 3.63) is 29.8 Å². The van der Waals surface area contributed by atoms with Crippen LogP contribution in [0.1, 0.15) is 38.7 Å². The Hall–Kier alpha value is -1.53. The lowest BCUT2D eigenvalue weighted by Crippen LogP contribution is -2.38. The second-order valence-corrected chi connectivity index (χ2v) is 5.04. The third-order valence-corrected chi connectivity index (χ3v) is 3.35. The quantitative estimate of drug-likeness (QED) is 0.729. The SMILES string of the molecule is CCCc1ccc(OCCCC(C)(C#N)NC)cc1. The van der Waals surface area contributed by atoms with Gasteiger partial charge in [-0.25, -0.2) is 0 Å². The largest absolute Gasteiger partial charge is 0.494 e. The molecule has 1 atom stereocenters. The van der Waals surface area contributed by atoms with Crippen molar-refractivity contribution in [2.24, 2.45) is 0 Å². The van der Waals surface area contributed by atoms with Crippen molar-refractivity contribution in [3.8, 4) is 11.8 Å². The molecule has 0 aliphatic carbocycles. The topological polar surface area (TPSA) is 45.0 Å². The van der Waals surface area contributed by atoms with E-state index in [-0.39, 0.29) is 0 Å². The van der Waals surface area contributed by atoms with Crippen LogP contribution in [0.4, 0.5) is 0 Å². The highest BCUT2D eigenvalue weighted by molar-refractivity contribution is 5.27. The van der Waals surface area contributed by atoms with Crippen molar-refractivity contribution in [1.29, 1.82) is 5.26 Å². The van der Waals surface area contributed by atoms with Gasteiger partial charge in [-0.05, 0) is 50.9 Å². The number of nitrogens with one attached hydrogen (secondary N) is 1. The molecular formula is C16H24N2O. The van der Waals surface area contributed by atoms with Gasteiger partial charge in [0.05, 0.1) is 12.7 Å². The van der Waals surface area contributed by atoms with Gasteiger partial charge in [-0.15, -0.1) is 0 Å². The molecule has 3 heteroatoms. The molecule has 1 aromatic carbocycles. The van der Waals surface area contributed by atoms with E-state index in [9.17, 15) is 0 Å². The predicted octanol–water partition coefficient (Wildman–Crippen LogP) is 3.30. The van der Waals surface area contributed by atoms with E-state index >= 15 is 0 Å². The summed E-state index contributed by atoms with van der Waals surface area (Å²) >= 11 is 0. The zero-order chi connectivity index (χ0) is 14.1. The average Bonchev–Trinajstić information content (AvgIpc) is 2.45. The van der Waals surface area contributed by atoms with Crippen molar-refractivity contribution >= 4 is 0 Å². The smallest absolute Gasteiger partial charge is 0.119 e. The van der Waals surface area contributed by atoms with E-state index < -0.39 is 5.54 Å². The van der Waals surface area contributed by atoms with E-state index in [1.807, 2.05) is 26.1 Å². The molecule has 0 radical (unpaired) electrons. The zero-order valence-electron chi connectivity index (χ0n) is 12.2. The molecular weight excluding hydrogens is 236 g/mol. The van der Waals surface area contributed by atoms with Gasteiger partial charge in [0.1, 0.15) is 11.3 Å². The maximum Gasteiger partial charge on any atom is 0.119 e. The molecule has 0 amide bonds. The highest BCUT2D eigenvalue weighted by Crippen LogP contribution is 2.15. The van der Waals surface area contributed by atoms with Crippen molar-refractivity contribution in [1.82, 2.24) is 5.32 Å². The summed E-state index contributed by atoms with van der Waals surface area (Å²) in [6.07, 6.45) is 3.93. The van der Waals surface area contributed by atoms with Crippen LogP contribution >= 0.6 is 0 Å². The molecule has 0 saturated carbocycles. The van der Waals surface area contributed by atoms with Crippen molar-refractivity contribution in [2.75, 3.05) is 13.7 Å². The fourth-order valence-corrected chi connectivity index (χ4v) is 1.89. The Balaban J connectivity index is 2.32. The first-order chi connectivity index (χ1) is 9.13. The number of aryl methyl sites for hydroxylation is 1. The zero-order valence-corrected chi connectivity index (χ0v) is 12.2. The van der Waals surface area contributed by atoms with Crippen LogP contribution in [0.5, 0.6) is 5.75 Å². The summed E-state index contributed by atoms with van der Waals surface area (Å²) in [4.78, 5) is 0. The number of hydrogen-bond donors (Lipinski definition) is 1. The lowest BCUT2D eigenvalue weighted by Gasteiger charge is -2.20. The summed E-state index contributed by atoms with van der Waals surface area (Å²) in [5.74, 6) is 0.906.